The number of carbonyl (C=O) groups is 1. The third-order valence-corrected chi connectivity index (χ3v) is 2.79. The van der Waals surface area contributed by atoms with Crippen LogP contribution in [0.4, 0.5) is 8.78 Å². The zero-order valence-corrected chi connectivity index (χ0v) is 11.5. The van der Waals surface area contributed by atoms with Gasteiger partial charge < -0.3 is 15.8 Å². The molecule has 0 aliphatic carbocycles. The number of hydrogen-bond donors (Lipinski definition) is 2. The largest absolute Gasteiger partial charge is 0.409 e. The third kappa shape index (κ3) is 3.80. The Hall–Kier alpha value is -1.89. The Morgan fingerprint density at radius 1 is 1.45 bits per heavy atom. The molecule has 0 saturated heterocycles. The summed E-state index contributed by atoms with van der Waals surface area (Å²) in [7, 11) is 0. The summed E-state index contributed by atoms with van der Waals surface area (Å²) in [6.07, 6.45) is 0.572. The average molecular weight is 306 g/mol. The summed E-state index contributed by atoms with van der Waals surface area (Å²) in [5.74, 6) is -2.79. The van der Waals surface area contributed by atoms with Crippen molar-refractivity contribution in [3.8, 4) is 0 Å². The summed E-state index contributed by atoms with van der Waals surface area (Å²) in [4.78, 5) is 13.3. The molecule has 0 aliphatic rings. The normalized spacial score (nSPS) is 11.5. The summed E-state index contributed by atoms with van der Waals surface area (Å²) in [5, 5.41) is 10.9. The van der Waals surface area contributed by atoms with Crippen molar-refractivity contribution in [2.75, 3.05) is 13.1 Å². The van der Waals surface area contributed by atoms with Gasteiger partial charge in [-0.3, -0.25) is 4.79 Å². The van der Waals surface area contributed by atoms with Crippen LogP contribution in [0.3, 0.4) is 0 Å². The van der Waals surface area contributed by atoms with Crippen LogP contribution in [0.25, 0.3) is 0 Å². The van der Waals surface area contributed by atoms with Gasteiger partial charge in [-0.05, 0) is 18.6 Å². The summed E-state index contributed by atoms with van der Waals surface area (Å²) >= 11 is 5.43. The molecule has 1 aromatic carbocycles. The molecule has 110 valence electrons. The molecular weight excluding hydrogens is 292 g/mol. The van der Waals surface area contributed by atoms with Crippen molar-refractivity contribution in [3.05, 3.63) is 34.4 Å². The second-order valence-electron chi connectivity index (χ2n) is 4.06. The van der Waals surface area contributed by atoms with Gasteiger partial charge >= 0.3 is 0 Å². The highest BCUT2D eigenvalue weighted by Gasteiger charge is 2.21. The summed E-state index contributed by atoms with van der Waals surface area (Å²) in [6, 6.07) is 1.46. The van der Waals surface area contributed by atoms with E-state index >= 15 is 0 Å². The maximum absolute atomic E-state index is 13.7. The van der Waals surface area contributed by atoms with Crippen molar-refractivity contribution in [1.29, 1.82) is 0 Å². The number of oxime groups is 1. The highest BCUT2D eigenvalue weighted by Crippen LogP contribution is 2.20. The molecule has 1 amide bonds. The summed E-state index contributed by atoms with van der Waals surface area (Å²) in [6.45, 7) is 1.86. The van der Waals surface area contributed by atoms with Gasteiger partial charge in [0.15, 0.2) is 5.84 Å². The van der Waals surface area contributed by atoms with Gasteiger partial charge in [-0.25, -0.2) is 8.78 Å². The van der Waals surface area contributed by atoms with Gasteiger partial charge in [-0.1, -0.05) is 23.7 Å². The standard InChI is InChI=1S/C12H14ClF2N3O2/c1-2-3-18(6-11(16)17-20)12(19)7-4-10(15)8(13)5-9(7)14/h4-5,20H,2-3,6H2,1H3,(H2,16,17). The maximum Gasteiger partial charge on any atom is 0.257 e. The van der Waals surface area contributed by atoms with Crippen molar-refractivity contribution < 1.29 is 18.8 Å². The molecule has 5 nitrogen and oxygen atoms in total. The molecule has 0 saturated carbocycles. The Balaban J connectivity index is 3.09. The Kier molecular flexibility index (Phi) is 5.69. The van der Waals surface area contributed by atoms with Gasteiger partial charge in [-0.2, -0.15) is 0 Å². The fourth-order valence-corrected chi connectivity index (χ4v) is 1.76. The number of benzene rings is 1. The Bertz CT molecular complexity index is 538. The molecule has 0 spiro atoms. The monoisotopic (exact) mass is 305 g/mol. The van der Waals surface area contributed by atoms with Crippen LogP contribution in [0.2, 0.25) is 5.02 Å². The third-order valence-electron chi connectivity index (χ3n) is 2.50. The van der Waals surface area contributed by atoms with E-state index in [0.29, 0.717) is 6.42 Å². The predicted molar refractivity (Wildman–Crippen MR) is 71.0 cm³/mol. The van der Waals surface area contributed by atoms with E-state index in [1.54, 1.807) is 6.92 Å². The molecule has 0 heterocycles. The van der Waals surface area contributed by atoms with Crippen molar-refractivity contribution in [2.45, 2.75) is 13.3 Å². The molecule has 8 heteroatoms. The highest BCUT2D eigenvalue weighted by molar-refractivity contribution is 6.30. The topological polar surface area (TPSA) is 78.9 Å². The zero-order chi connectivity index (χ0) is 15.3. The van der Waals surface area contributed by atoms with E-state index in [0.717, 1.165) is 17.0 Å². The van der Waals surface area contributed by atoms with Gasteiger partial charge in [0.05, 0.1) is 17.1 Å². The molecule has 0 atom stereocenters. The molecule has 20 heavy (non-hydrogen) atoms. The minimum absolute atomic E-state index is 0.188. The fraction of sp³-hybridized carbons (Fsp3) is 0.333. The van der Waals surface area contributed by atoms with Gasteiger partial charge in [-0.15, -0.1) is 0 Å². The molecule has 0 unspecified atom stereocenters. The molecular formula is C12H14ClF2N3O2. The number of carbonyl (C=O) groups excluding carboxylic acids is 1. The molecule has 1 aromatic rings. The number of hydrogen-bond acceptors (Lipinski definition) is 3. The minimum Gasteiger partial charge on any atom is -0.409 e. The predicted octanol–water partition coefficient (Wildman–Crippen LogP) is 2.22. The molecule has 0 radical (unpaired) electrons. The maximum atomic E-state index is 13.7. The second-order valence-corrected chi connectivity index (χ2v) is 4.47. The van der Waals surface area contributed by atoms with E-state index < -0.39 is 28.1 Å². The van der Waals surface area contributed by atoms with E-state index in [2.05, 4.69) is 5.16 Å². The fourth-order valence-electron chi connectivity index (χ4n) is 1.61. The second kappa shape index (κ2) is 7.04. The van der Waals surface area contributed by atoms with Crippen LogP contribution < -0.4 is 5.73 Å². The van der Waals surface area contributed by atoms with E-state index in [-0.39, 0.29) is 18.9 Å². The number of nitrogens with zero attached hydrogens (tertiary/aromatic N) is 2. The molecule has 3 N–H and O–H groups in total. The molecule has 0 aliphatic heterocycles. The van der Waals surface area contributed by atoms with Gasteiger partial charge in [0.25, 0.3) is 5.91 Å². The lowest BCUT2D eigenvalue weighted by Crippen LogP contribution is -2.39. The van der Waals surface area contributed by atoms with Crippen LogP contribution in [-0.2, 0) is 0 Å². The van der Waals surface area contributed by atoms with Crippen LogP contribution in [-0.4, -0.2) is 34.9 Å². The average Bonchev–Trinajstić information content (AvgIpc) is 2.41. The highest BCUT2D eigenvalue weighted by atomic mass is 35.5. The summed E-state index contributed by atoms with van der Waals surface area (Å²) < 4.78 is 27.0. The summed E-state index contributed by atoms with van der Waals surface area (Å²) in [5.41, 5.74) is 4.88. The van der Waals surface area contributed by atoms with Crippen LogP contribution in [0.1, 0.15) is 23.7 Å². The number of halogens is 3. The van der Waals surface area contributed by atoms with Crippen molar-refractivity contribution in [1.82, 2.24) is 4.90 Å². The first-order valence-corrected chi connectivity index (χ1v) is 6.18. The lowest BCUT2D eigenvalue weighted by atomic mass is 10.1. The van der Waals surface area contributed by atoms with Crippen molar-refractivity contribution in [2.24, 2.45) is 10.9 Å². The Morgan fingerprint density at radius 2 is 2.10 bits per heavy atom. The number of rotatable bonds is 5. The van der Waals surface area contributed by atoms with E-state index in [1.807, 2.05) is 0 Å². The van der Waals surface area contributed by atoms with Gasteiger partial charge in [0.1, 0.15) is 11.6 Å². The minimum atomic E-state index is -0.929. The van der Waals surface area contributed by atoms with Crippen LogP contribution in [0.15, 0.2) is 17.3 Å². The van der Waals surface area contributed by atoms with Gasteiger partial charge in [0, 0.05) is 6.54 Å². The SMILES string of the molecule is CCCN(C/C(N)=N/O)C(=O)c1cc(F)c(Cl)cc1F. The van der Waals surface area contributed by atoms with Crippen LogP contribution in [0.5, 0.6) is 0 Å². The first kappa shape index (κ1) is 16.2. The Labute approximate surface area is 119 Å². The van der Waals surface area contributed by atoms with Crippen molar-refractivity contribution in [3.63, 3.8) is 0 Å². The van der Waals surface area contributed by atoms with Crippen LogP contribution >= 0.6 is 11.6 Å². The zero-order valence-electron chi connectivity index (χ0n) is 10.7. The molecule has 0 aromatic heterocycles. The van der Waals surface area contributed by atoms with Gasteiger partial charge in [0.2, 0.25) is 0 Å². The Morgan fingerprint density at radius 3 is 2.65 bits per heavy atom. The number of amides is 1. The van der Waals surface area contributed by atoms with Crippen molar-refractivity contribution >= 4 is 23.3 Å². The molecule has 0 bridgehead atoms. The van der Waals surface area contributed by atoms with E-state index in [9.17, 15) is 13.6 Å². The van der Waals surface area contributed by atoms with Crippen LogP contribution in [0, 0.1) is 11.6 Å². The van der Waals surface area contributed by atoms with E-state index in [1.165, 1.54) is 0 Å². The lowest BCUT2D eigenvalue weighted by molar-refractivity contribution is 0.0773. The smallest absolute Gasteiger partial charge is 0.257 e. The number of amidine groups is 1. The lowest BCUT2D eigenvalue weighted by Gasteiger charge is -2.21. The molecule has 1 rings (SSSR count). The first-order chi connectivity index (χ1) is 9.40. The quantitative estimate of drug-likeness (QED) is 0.288. The molecule has 0 fully saturated rings. The van der Waals surface area contributed by atoms with E-state index in [4.69, 9.17) is 22.5 Å². The first-order valence-electron chi connectivity index (χ1n) is 5.80. The number of nitrogens with two attached hydrogens (primary N) is 1.